The smallest absolute Gasteiger partial charge is 0.228 e. The van der Waals surface area contributed by atoms with Crippen molar-refractivity contribution < 1.29 is 4.79 Å². The van der Waals surface area contributed by atoms with Crippen molar-refractivity contribution in [2.45, 2.75) is 18.6 Å². The van der Waals surface area contributed by atoms with Crippen molar-refractivity contribution in [3.63, 3.8) is 0 Å². The minimum atomic E-state index is 0.0595. The van der Waals surface area contributed by atoms with Crippen LogP contribution in [0.2, 0.25) is 5.15 Å². The molecule has 3 nitrogen and oxygen atoms in total. The molecular weight excluding hydrogens is 232 g/mol. The predicted molar refractivity (Wildman–Crippen MR) is 63.7 cm³/mol. The molecule has 0 N–H and O–H groups in total. The second kappa shape index (κ2) is 4.02. The van der Waals surface area contributed by atoms with Crippen LogP contribution < -0.4 is 4.90 Å². The van der Waals surface area contributed by atoms with Crippen molar-refractivity contribution in [3.8, 4) is 0 Å². The normalized spacial score (nSPS) is 21.1. The average molecular weight is 243 g/mol. The molecule has 1 atom stereocenters. The summed E-state index contributed by atoms with van der Waals surface area (Å²) in [4.78, 5) is 17.3. The Balaban J connectivity index is 2.37. The van der Waals surface area contributed by atoms with Crippen LogP contribution in [0, 0.1) is 6.92 Å². The van der Waals surface area contributed by atoms with Crippen LogP contribution in [-0.4, -0.2) is 22.7 Å². The van der Waals surface area contributed by atoms with Crippen molar-refractivity contribution in [1.29, 1.82) is 0 Å². The minimum Gasteiger partial charge on any atom is -0.308 e. The van der Waals surface area contributed by atoms with Crippen LogP contribution in [0.3, 0.4) is 0 Å². The number of thiol groups is 1. The van der Waals surface area contributed by atoms with E-state index in [1.807, 2.05) is 13.0 Å². The summed E-state index contributed by atoms with van der Waals surface area (Å²) in [5, 5.41) is 0.463. The molecule has 1 unspecified atom stereocenters. The van der Waals surface area contributed by atoms with E-state index in [2.05, 4.69) is 17.6 Å². The SMILES string of the molecule is Cc1cnc(Cl)c(N2CC(S)CC2=O)c1. The topological polar surface area (TPSA) is 33.2 Å². The van der Waals surface area contributed by atoms with E-state index in [4.69, 9.17) is 11.6 Å². The lowest BCUT2D eigenvalue weighted by Gasteiger charge is -2.17. The van der Waals surface area contributed by atoms with Gasteiger partial charge in [-0.25, -0.2) is 4.98 Å². The van der Waals surface area contributed by atoms with Gasteiger partial charge in [-0.15, -0.1) is 0 Å². The maximum absolute atomic E-state index is 11.6. The highest BCUT2D eigenvalue weighted by Gasteiger charge is 2.29. The summed E-state index contributed by atoms with van der Waals surface area (Å²) in [6.07, 6.45) is 2.15. The Morgan fingerprint density at radius 1 is 1.67 bits per heavy atom. The maximum Gasteiger partial charge on any atom is 0.228 e. The highest BCUT2D eigenvalue weighted by Crippen LogP contribution is 2.29. The Morgan fingerprint density at radius 3 is 3.00 bits per heavy atom. The number of hydrogen-bond acceptors (Lipinski definition) is 3. The molecule has 0 spiro atoms. The van der Waals surface area contributed by atoms with E-state index < -0.39 is 0 Å². The molecule has 0 bridgehead atoms. The first-order valence-electron chi connectivity index (χ1n) is 4.68. The first-order valence-corrected chi connectivity index (χ1v) is 5.58. The van der Waals surface area contributed by atoms with Gasteiger partial charge in [-0.2, -0.15) is 12.6 Å². The second-order valence-electron chi connectivity index (χ2n) is 3.68. The molecule has 1 aliphatic rings. The van der Waals surface area contributed by atoms with Crippen molar-refractivity contribution in [2.75, 3.05) is 11.4 Å². The van der Waals surface area contributed by atoms with Crippen LogP contribution in [0.15, 0.2) is 12.3 Å². The van der Waals surface area contributed by atoms with Gasteiger partial charge < -0.3 is 4.90 Å². The molecule has 0 aliphatic carbocycles. The van der Waals surface area contributed by atoms with E-state index in [-0.39, 0.29) is 11.2 Å². The standard InChI is InChI=1S/C10H11ClN2OS/c1-6-2-8(10(11)12-4-6)13-5-7(15)3-9(13)14/h2,4,7,15H,3,5H2,1H3. The Hall–Kier alpha value is -0.740. The second-order valence-corrected chi connectivity index (χ2v) is 4.77. The highest BCUT2D eigenvalue weighted by molar-refractivity contribution is 7.81. The molecule has 15 heavy (non-hydrogen) atoms. The van der Waals surface area contributed by atoms with E-state index in [1.165, 1.54) is 0 Å². The molecule has 0 aromatic carbocycles. The summed E-state index contributed by atoms with van der Waals surface area (Å²) in [5.41, 5.74) is 1.68. The third kappa shape index (κ3) is 2.11. The fraction of sp³-hybridized carbons (Fsp3) is 0.400. The van der Waals surface area contributed by atoms with E-state index in [0.29, 0.717) is 23.8 Å². The molecule has 0 saturated carbocycles. The third-order valence-corrected chi connectivity index (χ3v) is 2.99. The van der Waals surface area contributed by atoms with Gasteiger partial charge in [-0.05, 0) is 18.6 Å². The molecule has 5 heteroatoms. The number of amides is 1. The molecule has 1 aliphatic heterocycles. The average Bonchev–Trinajstić information content (AvgIpc) is 2.50. The first kappa shape index (κ1) is 10.8. The first-order chi connectivity index (χ1) is 7.08. The number of nitrogens with zero attached hydrogens (tertiary/aromatic N) is 2. The molecule has 2 rings (SSSR count). The van der Waals surface area contributed by atoms with Gasteiger partial charge in [-0.3, -0.25) is 4.79 Å². The van der Waals surface area contributed by atoms with Crippen LogP contribution >= 0.6 is 24.2 Å². The van der Waals surface area contributed by atoms with Crippen LogP contribution in [0.25, 0.3) is 0 Å². The van der Waals surface area contributed by atoms with E-state index >= 15 is 0 Å². The maximum atomic E-state index is 11.6. The number of rotatable bonds is 1. The van der Waals surface area contributed by atoms with Gasteiger partial charge in [-0.1, -0.05) is 11.6 Å². The van der Waals surface area contributed by atoms with Gasteiger partial charge in [0.05, 0.1) is 5.69 Å². The quantitative estimate of drug-likeness (QED) is 0.604. The van der Waals surface area contributed by atoms with E-state index in [9.17, 15) is 4.79 Å². The molecule has 2 heterocycles. The van der Waals surface area contributed by atoms with Gasteiger partial charge in [0.2, 0.25) is 5.91 Å². The number of hydrogen-bond donors (Lipinski definition) is 1. The Kier molecular flexibility index (Phi) is 2.89. The van der Waals surface area contributed by atoms with Gasteiger partial charge >= 0.3 is 0 Å². The van der Waals surface area contributed by atoms with Crippen molar-refractivity contribution >= 4 is 35.8 Å². The Bertz CT molecular complexity index is 410. The molecular formula is C10H11ClN2OS. The molecule has 1 aromatic rings. The number of anilines is 1. The molecule has 0 radical (unpaired) electrons. The monoisotopic (exact) mass is 242 g/mol. The fourth-order valence-corrected chi connectivity index (χ4v) is 2.17. The zero-order chi connectivity index (χ0) is 11.0. The Labute approximate surface area is 98.8 Å². The largest absolute Gasteiger partial charge is 0.308 e. The van der Waals surface area contributed by atoms with Crippen LogP contribution in [-0.2, 0) is 4.79 Å². The minimum absolute atomic E-state index is 0.0595. The highest BCUT2D eigenvalue weighted by atomic mass is 35.5. The van der Waals surface area contributed by atoms with Crippen molar-refractivity contribution in [1.82, 2.24) is 4.98 Å². The van der Waals surface area contributed by atoms with Crippen molar-refractivity contribution in [3.05, 3.63) is 23.0 Å². The van der Waals surface area contributed by atoms with Crippen LogP contribution in [0.4, 0.5) is 5.69 Å². The zero-order valence-corrected chi connectivity index (χ0v) is 9.92. The lowest BCUT2D eigenvalue weighted by Crippen LogP contribution is -2.25. The molecule has 1 fully saturated rings. The van der Waals surface area contributed by atoms with E-state index in [0.717, 1.165) is 5.56 Å². The molecule has 1 amide bonds. The number of aromatic nitrogens is 1. The van der Waals surface area contributed by atoms with Crippen LogP contribution in [0.5, 0.6) is 0 Å². The Morgan fingerprint density at radius 2 is 2.40 bits per heavy atom. The number of carbonyl (C=O) groups is 1. The number of aryl methyl sites for hydroxylation is 1. The molecule has 1 aromatic heterocycles. The van der Waals surface area contributed by atoms with Crippen LogP contribution in [0.1, 0.15) is 12.0 Å². The molecule has 80 valence electrons. The molecule has 1 saturated heterocycles. The summed E-state index contributed by atoms with van der Waals surface area (Å²) < 4.78 is 0. The lowest BCUT2D eigenvalue weighted by molar-refractivity contribution is -0.117. The zero-order valence-electron chi connectivity index (χ0n) is 8.27. The summed E-state index contributed by atoms with van der Waals surface area (Å²) >= 11 is 10.3. The van der Waals surface area contributed by atoms with E-state index in [1.54, 1.807) is 11.1 Å². The van der Waals surface area contributed by atoms with Gasteiger partial charge in [0.15, 0.2) is 5.15 Å². The number of carbonyl (C=O) groups excluding carboxylic acids is 1. The summed E-state index contributed by atoms with van der Waals surface area (Å²) in [6, 6.07) is 1.87. The third-order valence-electron chi connectivity index (χ3n) is 2.35. The lowest BCUT2D eigenvalue weighted by atomic mass is 10.3. The van der Waals surface area contributed by atoms with Gasteiger partial charge in [0, 0.05) is 24.4 Å². The predicted octanol–water partition coefficient (Wildman–Crippen LogP) is 2.08. The fourth-order valence-electron chi connectivity index (χ4n) is 1.65. The number of halogens is 1. The summed E-state index contributed by atoms with van der Waals surface area (Å²) in [6.45, 7) is 2.53. The van der Waals surface area contributed by atoms with Gasteiger partial charge in [0.1, 0.15) is 0 Å². The van der Waals surface area contributed by atoms with Gasteiger partial charge in [0.25, 0.3) is 0 Å². The number of pyridine rings is 1. The summed E-state index contributed by atoms with van der Waals surface area (Å²) in [7, 11) is 0. The van der Waals surface area contributed by atoms with Crippen molar-refractivity contribution in [2.24, 2.45) is 0 Å². The summed E-state index contributed by atoms with van der Waals surface area (Å²) in [5.74, 6) is 0.0595.